The van der Waals surface area contributed by atoms with Crippen molar-refractivity contribution in [1.29, 1.82) is 0 Å². The summed E-state index contributed by atoms with van der Waals surface area (Å²) in [6.45, 7) is 2.32. The normalized spacial score (nSPS) is 10.5. The molecule has 0 aliphatic heterocycles. The Kier molecular flexibility index (Phi) is 7.52. The fourth-order valence-electron chi connectivity index (χ4n) is 2.10. The zero-order chi connectivity index (χ0) is 19.8. The van der Waals surface area contributed by atoms with Gasteiger partial charge in [0.15, 0.2) is 11.5 Å². The maximum absolute atomic E-state index is 12.2. The fourth-order valence-corrected chi connectivity index (χ4v) is 2.41. The van der Waals surface area contributed by atoms with Crippen LogP contribution in [0.25, 0.3) is 6.08 Å². The van der Waals surface area contributed by atoms with E-state index in [0.717, 1.165) is 0 Å². The molecule has 6 nitrogen and oxygen atoms in total. The van der Waals surface area contributed by atoms with Crippen molar-refractivity contribution in [3.8, 4) is 11.5 Å². The molecule has 0 atom stereocenters. The van der Waals surface area contributed by atoms with E-state index >= 15 is 0 Å². The number of hydrogen-bond acceptors (Lipinski definition) is 4. The van der Waals surface area contributed by atoms with Crippen molar-refractivity contribution >= 4 is 41.1 Å². The van der Waals surface area contributed by atoms with Gasteiger partial charge in [-0.1, -0.05) is 29.3 Å². The lowest BCUT2D eigenvalue weighted by Crippen LogP contribution is -2.40. The predicted molar refractivity (Wildman–Crippen MR) is 105 cm³/mol. The second kappa shape index (κ2) is 9.85. The van der Waals surface area contributed by atoms with Gasteiger partial charge in [-0.25, -0.2) is 0 Å². The lowest BCUT2D eigenvalue weighted by atomic mass is 10.2. The number of benzene rings is 2. The van der Waals surface area contributed by atoms with Crippen LogP contribution in [0.15, 0.2) is 42.5 Å². The molecule has 0 aromatic heterocycles. The molecule has 2 N–H and O–H groups in total. The van der Waals surface area contributed by atoms with Crippen molar-refractivity contribution < 1.29 is 19.1 Å². The topological polar surface area (TPSA) is 76.7 Å². The van der Waals surface area contributed by atoms with Gasteiger partial charge < -0.3 is 9.47 Å². The van der Waals surface area contributed by atoms with Crippen LogP contribution in [-0.2, 0) is 4.79 Å². The molecule has 0 heterocycles. The van der Waals surface area contributed by atoms with Gasteiger partial charge in [0.25, 0.3) is 11.8 Å². The Morgan fingerprint density at radius 3 is 2.48 bits per heavy atom. The van der Waals surface area contributed by atoms with Crippen molar-refractivity contribution in [3.63, 3.8) is 0 Å². The van der Waals surface area contributed by atoms with Crippen LogP contribution in [0.3, 0.4) is 0 Å². The molecule has 8 heteroatoms. The van der Waals surface area contributed by atoms with Crippen molar-refractivity contribution in [2.45, 2.75) is 6.92 Å². The highest BCUT2D eigenvalue weighted by Gasteiger charge is 2.11. The Hall–Kier alpha value is -2.70. The van der Waals surface area contributed by atoms with Crippen LogP contribution in [0.5, 0.6) is 11.5 Å². The maximum Gasteiger partial charge on any atom is 0.269 e. The average molecular weight is 409 g/mol. The Morgan fingerprint density at radius 2 is 1.81 bits per heavy atom. The summed E-state index contributed by atoms with van der Waals surface area (Å²) in [6, 6.07) is 9.69. The third kappa shape index (κ3) is 5.91. The zero-order valence-electron chi connectivity index (χ0n) is 14.7. The van der Waals surface area contributed by atoms with Crippen LogP contribution in [0, 0.1) is 0 Å². The minimum atomic E-state index is -0.507. The van der Waals surface area contributed by atoms with Crippen LogP contribution in [0.1, 0.15) is 22.8 Å². The predicted octanol–water partition coefficient (Wildman–Crippen LogP) is 3.88. The number of rotatable bonds is 6. The molecule has 0 saturated heterocycles. The summed E-state index contributed by atoms with van der Waals surface area (Å²) in [5, 5.41) is 0.813. The van der Waals surface area contributed by atoms with Crippen LogP contribution in [-0.4, -0.2) is 25.5 Å². The number of amides is 2. The van der Waals surface area contributed by atoms with Gasteiger partial charge in [0.1, 0.15) is 0 Å². The fraction of sp³-hybridized carbons (Fsp3) is 0.158. The average Bonchev–Trinajstić information content (AvgIpc) is 2.67. The number of carbonyl (C=O) groups excluding carboxylic acids is 2. The van der Waals surface area contributed by atoms with Gasteiger partial charge >= 0.3 is 0 Å². The van der Waals surface area contributed by atoms with Gasteiger partial charge in [0.05, 0.1) is 23.8 Å². The molecule has 0 radical (unpaired) electrons. The molecule has 0 unspecified atom stereocenters. The summed E-state index contributed by atoms with van der Waals surface area (Å²) in [6.07, 6.45) is 2.81. The highest BCUT2D eigenvalue weighted by atomic mass is 35.5. The minimum Gasteiger partial charge on any atom is -0.493 e. The lowest BCUT2D eigenvalue weighted by molar-refractivity contribution is -0.117. The van der Waals surface area contributed by atoms with E-state index in [-0.39, 0.29) is 0 Å². The summed E-state index contributed by atoms with van der Waals surface area (Å²) in [4.78, 5) is 24.0. The maximum atomic E-state index is 12.2. The number of hydrogen-bond donors (Lipinski definition) is 2. The number of ether oxygens (including phenoxy) is 2. The van der Waals surface area contributed by atoms with E-state index < -0.39 is 11.8 Å². The van der Waals surface area contributed by atoms with Crippen molar-refractivity contribution in [1.82, 2.24) is 10.9 Å². The number of methoxy groups -OCH3 is 1. The van der Waals surface area contributed by atoms with E-state index in [1.54, 1.807) is 36.4 Å². The number of nitrogens with one attached hydrogen (secondary N) is 2. The Balaban J connectivity index is 1.95. The number of carbonyl (C=O) groups is 2. The van der Waals surface area contributed by atoms with E-state index in [1.807, 2.05) is 6.92 Å². The van der Waals surface area contributed by atoms with E-state index in [0.29, 0.717) is 39.3 Å². The van der Waals surface area contributed by atoms with Gasteiger partial charge in [-0.2, -0.15) is 0 Å². The first-order valence-electron chi connectivity index (χ1n) is 7.99. The Bertz CT molecular complexity index is 869. The van der Waals surface area contributed by atoms with Crippen molar-refractivity contribution in [2.24, 2.45) is 0 Å². The highest BCUT2D eigenvalue weighted by Crippen LogP contribution is 2.28. The third-order valence-corrected chi connectivity index (χ3v) is 4.13. The molecule has 0 spiro atoms. The van der Waals surface area contributed by atoms with E-state index in [1.165, 1.54) is 19.3 Å². The zero-order valence-corrected chi connectivity index (χ0v) is 16.2. The van der Waals surface area contributed by atoms with Gasteiger partial charge in [0, 0.05) is 11.6 Å². The second-order valence-corrected chi connectivity index (χ2v) is 6.06. The van der Waals surface area contributed by atoms with Crippen LogP contribution >= 0.6 is 23.2 Å². The monoisotopic (exact) mass is 408 g/mol. The number of hydrazine groups is 1. The quantitative estimate of drug-likeness (QED) is 0.561. The molecule has 0 fully saturated rings. The van der Waals surface area contributed by atoms with E-state index in [9.17, 15) is 9.59 Å². The van der Waals surface area contributed by atoms with E-state index in [2.05, 4.69) is 10.9 Å². The van der Waals surface area contributed by atoms with Gasteiger partial charge in [0.2, 0.25) is 0 Å². The molecule has 2 amide bonds. The van der Waals surface area contributed by atoms with Crippen LogP contribution in [0.4, 0.5) is 0 Å². The summed E-state index contributed by atoms with van der Waals surface area (Å²) < 4.78 is 10.6. The van der Waals surface area contributed by atoms with Crippen molar-refractivity contribution in [3.05, 3.63) is 63.6 Å². The largest absolute Gasteiger partial charge is 0.493 e. The molecule has 27 heavy (non-hydrogen) atoms. The highest BCUT2D eigenvalue weighted by molar-refractivity contribution is 6.42. The molecule has 0 saturated carbocycles. The third-order valence-electron chi connectivity index (χ3n) is 3.40. The van der Waals surface area contributed by atoms with Gasteiger partial charge in [-0.3, -0.25) is 20.4 Å². The van der Waals surface area contributed by atoms with Crippen LogP contribution in [0.2, 0.25) is 10.0 Å². The number of halogens is 2. The van der Waals surface area contributed by atoms with Crippen molar-refractivity contribution in [2.75, 3.05) is 13.7 Å². The summed E-state index contributed by atoms with van der Waals surface area (Å²) in [7, 11) is 1.48. The Morgan fingerprint density at radius 1 is 1.04 bits per heavy atom. The smallest absolute Gasteiger partial charge is 0.269 e. The standard InChI is InChI=1S/C19H18Cl2N2O4/c1-3-27-16-8-6-13(11-17(16)26-2)19(25)23-22-18(24)9-5-12-4-7-14(20)15(21)10-12/h4-11H,3H2,1-2H3,(H,22,24)(H,23,25)/b9-5+. The molecule has 0 aliphatic carbocycles. The molecule has 142 valence electrons. The second-order valence-electron chi connectivity index (χ2n) is 5.25. The molecular weight excluding hydrogens is 391 g/mol. The molecule has 2 aromatic carbocycles. The van der Waals surface area contributed by atoms with E-state index in [4.69, 9.17) is 32.7 Å². The summed E-state index contributed by atoms with van der Waals surface area (Å²) in [5.74, 6) is -0.0413. The van der Waals surface area contributed by atoms with Crippen LogP contribution < -0.4 is 20.3 Å². The molecule has 0 bridgehead atoms. The molecule has 0 aliphatic rings. The first kappa shape index (κ1) is 20.6. The SMILES string of the molecule is CCOc1ccc(C(=O)NNC(=O)/C=C/c2ccc(Cl)c(Cl)c2)cc1OC. The molecule has 2 aromatic rings. The first-order chi connectivity index (χ1) is 12.9. The first-order valence-corrected chi connectivity index (χ1v) is 8.74. The minimum absolute atomic E-state index is 0.309. The van der Waals surface area contributed by atoms with Gasteiger partial charge in [-0.05, 0) is 48.9 Å². The molecule has 2 rings (SSSR count). The molecular formula is C19H18Cl2N2O4. The van der Waals surface area contributed by atoms with Gasteiger partial charge in [-0.15, -0.1) is 0 Å². The lowest BCUT2D eigenvalue weighted by Gasteiger charge is -2.11. The Labute approximate surface area is 167 Å². The summed E-state index contributed by atoms with van der Waals surface area (Å²) in [5.41, 5.74) is 5.63. The summed E-state index contributed by atoms with van der Waals surface area (Å²) >= 11 is 11.7.